The van der Waals surface area contributed by atoms with Crippen molar-refractivity contribution in [1.82, 2.24) is 0 Å². The molecule has 0 aliphatic carbocycles. The van der Waals surface area contributed by atoms with Gasteiger partial charge in [0.05, 0.1) is 18.5 Å². The third-order valence-corrected chi connectivity index (χ3v) is 3.70. The lowest BCUT2D eigenvalue weighted by atomic mass is 10.2. The number of primary amides is 1. The lowest BCUT2D eigenvalue weighted by Crippen LogP contribution is -2.55. The van der Waals surface area contributed by atoms with Crippen molar-refractivity contribution in [3.63, 3.8) is 0 Å². The number of halogens is 3. The zero-order valence-electron chi connectivity index (χ0n) is 12.5. The molecule has 2 N–H and O–H groups in total. The molecule has 0 bridgehead atoms. The maximum atomic E-state index is 13.7. The van der Waals surface area contributed by atoms with E-state index < -0.39 is 18.4 Å². The van der Waals surface area contributed by atoms with E-state index in [2.05, 4.69) is 6.07 Å². The van der Waals surface area contributed by atoms with Crippen molar-refractivity contribution in [3.05, 3.63) is 48.5 Å². The minimum Gasteiger partial charge on any atom is -0.497 e. The van der Waals surface area contributed by atoms with Gasteiger partial charge in [-0.2, -0.15) is 13.2 Å². The van der Waals surface area contributed by atoms with Crippen molar-refractivity contribution in [2.75, 3.05) is 16.9 Å². The summed E-state index contributed by atoms with van der Waals surface area (Å²) in [6.45, 7) is 0. The summed E-state index contributed by atoms with van der Waals surface area (Å²) in [6, 6.07) is 11.9. The van der Waals surface area contributed by atoms with Gasteiger partial charge in [-0.05, 0) is 30.3 Å². The smallest absolute Gasteiger partial charge is 0.428 e. The highest BCUT2D eigenvalue weighted by atomic mass is 19.4. The molecule has 0 saturated heterocycles. The van der Waals surface area contributed by atoms with E-state index in [1.807, 2.05) is 0 Å². The van der Waals surface area contributed by atoms with Crippen LogP contribution in [0, 0.1) is 6.07 Å². The molecule has 1 aliphatic rings. The zero-order chi connectivity index (χ0) is 17.5. The van der Waals surface area contributed by atoms with E-state index in [4.69, 9.17) is 10.5 Å². The summed E-state index contributed by atoms with van der Waals surface area (Å²) >= 11 is 0. The number of fused-ring (bicyclic) bond motifs is 1. The first-order valence-electron chi connectivity index (χ1n) is 6.93. The van der Waals surface area contributed by atoms with Gasteiger partial charge in [0.25, 0.3) is 0 Å². The van der Waals surface area contributed by atoms with Gasteiger partial charge < -0.3 is 15.4 Å². The van der Waals surface area contributed by atoms with Gasteiger partial charge >= 0.3 is 12.2 Å². The molecule has 0 fully saturated rings. The Bertz CT molecular complexity index is 765. The van der Waals surface area contributed by atoms with Crippen molar-refractivity contribution in [2.45, 2.75) is 12.3 Å². The van der Waals surface area contributed by atoms with Gasteiger partial charge in [0.2, 0.25) is 6.17 Å². The molecule has 0 saturated carbocycles. The Morgan fingerprint density at radius 1 is 1.21 bits per heavy atom. The average molecular weight is 336 g/mol. The number of hydrogen-bond acceptors (Lipinski definition) is 3. The van der Waals surface area contributed by atoms with E-state index in [1.54, 1.807) is 0 Å². The number of urea groups is 1. The first-order chi connectivity index (χ1) is 11.3. The Kier molecular flexibility index (Phi) is 3.75. The normalized spacial score (nSPS) is 16.9. The number of rotatable bonds is 2. The Balaban J connectivity index is 2.25. The molecule has 125 valence electrons. The van der Waals surface area contributed by atoms with Crippen LogP contribution in [0.4, 0.5) is 35.0 Å². The molecule has 24 heavy (non-hydrogen) atoms. The highest BCUT2D eigenvalue weighted by molar-refractivity contribution is 6.01. The number of nitrogens with zero attached hydrogens (tertiary/aromatic N) is 2. The number of anilines is 3. The molecule has 1 radical (unpaired) electrons. The molecule has 5 nitrogen and oxygen atoms in total. The van der Waals surface area contributed by atoms with Gasteiger partial charge in [-0.15, -0.1) is 0 Å². The van der Waals surface area contributed by atoms with Crippen LogP contribution in [0.2, 0.25) is 0 Å². The molecule has 0 aromatic heterocycles. The van der Waals surface area contributed by atoms with Gasteiger partial charge in [0.15, 0.2) is 0 Å². The number of carbonyl (C=O) groups excluding carboxylic acids is 1. The lowest BCUT2D eigenvalue weighted by molar-refractivity contribution is -0.143. The van der Waals surface area contributed by atoms with Crippen LogP contribution in [-0.2, 0) is 0 Å². The Morgan fingerprint density at radius 3 is 2.42 bits per heavy atom. The number of nitrogens with two attached hydrogens (primary N) is 1. The van der Waals surface area contributed by atoms with Crippen LogP contribution in [0.1, 0.15) is 0 Å². The fourth-order valence-corrected chi connectivity index (χ4v) is 2.76. The van der Waals surface area contributed by atoms with Crippen LogP contribution in [0.15, 0.2) is 42.5 Å². The summed E-state index contributed by atoms with van der Waals surface area (Å²) in [5.41, 5.74) is 5.76. The molecule has 0 spiro atoms. The van der Waals surface area contributed by atoms with E-state index in [9.17, 15) is 18.0 Å². The quantitative estimate of drug-likeness (QED) is 0.914. The standard InChI is InChI=1S/C16H13F3N3O2/c1-24-11-7-8-12-13(9-11)22(15(20)23)14(16(17,18)19)21(12)10-5-3-2-4-6-10/h3-9,14H,1H3,(H2,20,23). The average Bonchev–Trinajstić information content (AvgIpc) is 2.90. The fraction of sp³-hybridized carbons (Fsp3) is 0.188. The molecule has 1 atom stereocenters. The molecule has 2 aromatic rings. The van der Waals surface area contributed by atoms with Crippen LogP contribution in [0.5, 0.6) is 5.75 Å². The molecule has 2 amide bonds. The first-order valence-corrected chi connectivity index (χ1v) is 6.93. The summed E-state index contributed by atoms with van der Waals surface area (Å²) in [5, 5.41) is 0. The summed E-state index contributed by atoms with van der Waals surface area (Å²) in [4.78, 5) is 13.3. The summed E-state index contributed by atoms with van der Waals surface area (Å²) in [5.74, 6) is 0.323. The molecule has 8 heteroatoms. The predicted molar refractivity (Wildman–Crippen MR) is 82.3 cm³/mol. The van der Waals surface area contributed by atoms with Gasteiger partial charge in [-0.25, -0.2) is 4.79 Å². The van der Waals surface area contributed by atoms with Crippen LogP contribution in [-0.4, -0.2) is 25.5 Å². The van der Waals surface area contributed by atoms with E-state index >= 15 is 0 Å². The number of amides is 2. The van der Waals surface area contributed by atoms with Gasteiger partial charge in [0.1, 0.15) is 5.75 Å². The number of alkyl halides is 3. The summed E-state index contributed by atoms with van der Waals surface area (Å²) in [6.07, 6.45) is -6.96. The molecule has 3 rings (SSSR count). The van der Waals surface area contributed by atoms with E-state index in [-0.39, 0.29) is 17.1 Å². The highest BCUT2D eigenvalue weighted by Crippen LogP contribution is 2.49. The highest BCUT2D eigenvalue weighted by Gasteiger charge is 2.55. The maximum absolute atomic E-state index is 13.7. The second-order valence-electron chi connectivity index (χ2n) is 5.11. The third kappa shape index (κ3) is 2.49. The number of carbonyl (C=O) groups is 1. The van der Waals surface area contributed by atoms with Gasteiger partial charge in [0, 0.05) is 11.8 Å². The molecule has 1 unspecified atom stereocenters. The van der Waals surface area contributed by atoms with Crippen molar-refractivity contribution in [1.29, 1.82) is 0 Å². The maximum Gasteiger partial charge on any atom is 0.428 e. The molecular formula is C16H13F3N3O2. The Labute approximate surface area is 136 Å². The molecule has 1 aliphatic heterocycles. The van der Waals surface area contributed by atoms with E-state index in [1.165, 1.54) is 49.6 Å². The second kappa shape index (κ2) is 5.63. The minimum atomic E-state index is -4.72. The number of methoxy groups -OCH3 is 1. The van der Waals surface area contributed by atoms with Crippen LogP contribution < -0.4 is 20.3 Å². The third-order valence-electron chi connectivity index (χ3n) is 3.70. The van der Waals surface area contributed by atoms with Crippen molar-refractivity contribution >= 4 is 23.1 Å². The van der Waals surface area contributed by atoms with Crippen LogP contribution in [0.25, 0.3) is 0 Å². The van der Waals surface area contributed by atoms with Crippen LogP contribution in [0.3, 0.4) is 0 Å². The number of hydrogen-bond donors (Lipinski definition) is 1. The van der Waals surface area contributed by atoms with E-state index in [0.717, 1.165) is 4.90 Å². The molecule has 1 heterocycles. The van der Waals surface area contributed by atoms with Crippen molar-refractivity contribution in [3.8, 4) is 5.75 Å². The van der Waals surface area contributed by atoms with Gasteiger partial charge in [-0.3, -0.25) is 4.90 Å². The van der Waals surface area contributed by atoms with Crippen molar-refractivity contribution < 1.29 is 22.7 Å². The topological polar surface area (TPSA) is 58.8 Å². The summed E-state index contributed by atoms with van der Waals surface area (Å²) < 4.78 is 46.2. The molecular weight excluding hydrogens is 323 g/mol. The summed E-state index contributed by atoms with van der Waals surface area (Å²) in [7, 11) is 1.39. The number of benzene rings is 2. The second-order valence-corrected chi connectivity index (χ2v) is 5.11. The lowest BCUT2D eigenvalue weighted by Gasteiger charge is -2.32. The van der Waals surface area contributed by atoms with Crippen LogP contribution >= 0.6 is 0 Å². The zero-order valence-corrected chi connectivity index (χ0v) is 12.5. The van der Waals surface area contributed by atoms with E-state index in [0.29, 0.717) is 10.6 Å². The van der Waals surface area contributed by atoms with Crippen molar-refractivity contribution in [2.24, 2.45) is 5.73 Å². The molecule has 2 aromatic carbocycles. The Hall–Kier alpha value is -2.90. The Morgan fingerprint density at radius 2 is 1.88 bits per heavy atom. The number of ether oxygens (including phenoxy) is 1. The first kappa shape index (κ1) is 16.0. The predicted octanol–water partition coefficient (Wildman–Crippen LogP) is 3.42. The fourth-order valence-electron chi connectivity index (χ4n) is 2.76. The van der Waals surface area contributed by atoms with Gasteiger partial charge in [-0.1, -0.05) is 12.1 Å². The largest absolute Gasteiger partial charge is 0.497 e. The SMILES string of the molecule is COc1ccc2c(c1)N(C(N)=O)C(C(F)(F)F)N2c1cc[c]cc1. The minimum absolute atomic E-state index is 0.0389. The monoisotopic (exact) mass is 336 g/mol.